The summed E-state index contributed by atoms with van der Waals surface area (Å²) in [4.78, 5) is 6.51. The van der Waals surface area contributed by atoms with Crippen LogP contribution in [0.2, 0.25) is 0 Å². The van der Waals surface area contributed by atoms with E-state index in [0.717, 1.165) is 12.4 Å². The van der Waals surface area contributed by atoms with Crippen LogP contribution < -0.4 is 5.73 Å². The highest BCUT2D eigenvalue weighted by Crippen LogP contribution is 2.16. The smallest absolute Gasteiger partial charge is 0.240 e. The van der Waals surface area contributed by atoms with Crippen LogP contribution in [0.5, 0.6) is 0 Å². The molecule has 0 aliphatic heterocycles. The molecule has 0 fully saturated rings. The van der Waals surface area contributed by atoms with Crippen molar-refractivity contribution in [2.45, 2.75) is 40.2 Å². The lowest BCUT2D eigenvalue weighted by molar-refractivity contribution is 0.189. The standard InChI is InChI=1S/C12H24N4O.ClH/c1-9(2)11-14-10(17-15-11)6-16(5)8-12(3,4)7-13;/h9H,6-8,13H2,1-5H3;1H. The van der Waals surface area contributed by atoms with Gasteiger partial charge in [-0.05, 0) is 19.0 Å². The zero-order chi connectivity index (χ0) is 13.1. The third-order valence-electron chi connectivity index (χ3n) is 2.66. The van der Waals surface area contributed by atoms with Gasteiger partial charge in [0.25, 0.3) is 0 Å². The summed E-state index contributed by atoms with van der Waals surface area (Å²) in [7, 11) is 2.04. The molecule has 0 bridgehead atoms. The van der Waals surface area contributed by atoms with Crippen molar-refractivity contribution in [3.63, 3.8) is 0 Å². The van der Waals surface area contributed by atoms with Gasteiger partial charge in [0.2, 0.25) is 5.89 Å². The molecule has 18 heavy (non-hydrogen) atoms. The van der Waals surface area contributed by atoms with Crippen molar-refractivity contribution in [3.05, 3.63) is 11.7 Å². The maximum Gasteiger partial charge on any atom is 0.240 e. The van der Waals surface area contributed by atoms with E-state index in [9.17, 15) is 0 Å². The lowest BCUT2D eigenvalue weighted by atomic mass is 9.93. The molecule has 1 aromatic heterocycles. The summed E-state index contributed by atoms with van der Waals surface area (Å²) in [5.74, 6) is 1.74. The van der Waals surface area contributed by atoms with Gasteiger partial charge < -0.3 is 10.3 Å². The molecule has 1 heterocycles. The van der Waals surface area contributed by atoms with Gasteiger partial charge in [0, 0.05) is 12.5 Å². The average molecular weight is 277 g/mol. The van der Waals surface area contributed by atoms with E-state index in [0.29, 0.717) is 24.9 Å². The number of rotatable bonds is 6. The highest BCUT2D eigenvalue weighted by molar-refractivity contribution is 5.85. The predicted octanol–water partition coefficient (Wildman–Crippen LogP) is 2.03. The molecule has 0 amide bonds. The number of hydrogen-bond acceptors (Lipinski definition) is 5. The van der Waals surface area contributed by atoms with E-state index in [1.165, 1.54) is 0 Å². The van der Waals surface area contributed by atoms with Crippen LogP contribution in [-0.4, -0.2) is 35.2 Å². The topological polar surface area (TPSA) is 68.2 Å². The molecule has 0 aliphatic carbocycles. The van der Waals surface area contributed by atoms with Gasteiger partial charge in [-0.3, -0.25) is 4.90 Å². The Kier molecular flexibility index (Phi) is 6.81. The molecule has 0 radical (unpaired) electrons. The van der Waals surface area contributed by atoms with Crippen LogP contribution in [0.15, 0.2) is 4.52 Å². The third kappa shape index (κ3) is 5.33. The summed E-state index contributed by atoms with van der Waals surface area (Å²) in [6, 6.07) is 0. The summed E-state index contributed by atoms with van der Waals surface area (Å²) in [6.45, 7) is 10.6. The average Bonchev–Trinajstić information content (AvgIpc) is 2.65. The van der Waals surface area contributed by atoms with E-state index in [1.807, 2.05) is 7.05 Å². The number of aromatic nitrogens is 2. The first-order chi connectivity index (χ1) is 7.84. The lowest BCUT2D eigenvalue weighted by Crippen LogP contribution is -2.36. The maximum atomic E-state index is 5.71. The highest BCUT2D eigenvalue weighted by atomic mass is 35.5. The number of nitrogens with two attached hydrogens (primary N) is 1. The van der Waals surface area contributed by atoms with Gasteiger partial charge in [-0.25, -0.2) is 0 Å². The van der Waals surface area contributed by atoms with Gasteiger partial charge in [-0.15, -0.1) is 12.4 Å². The van der Waals surface area contributed by atoms with Crippen molar-refractivity contribution in [1.29, 1.82) is 0 Å². The first-order valence-electron chi connectivity index (χ1n) is 6.05. The van der Waals surface area contributed by atoms with E-state index >= 15 is 0 Å². The first-order valence-corrected chi connectivity index (χ1v) is 6.05. The number of halogens is 1. The quantitative estimate of drug-likeness (QED) is 0.861. The second-order valence-corrected chi connectivity index (χ2v) is 5.74. The Labute approximate surface area is 116 Å². The van der Waals surface area contributed by atoms with Crippen LogP contribution in [0, 0.1) is 5.41 Å². The largest absolute Gasteiger partial charge is 0.338 e. The second kappa shape index (κ2) is 7.07. The second-order valence-electron chi connectivity index (χ2n) is 5.74. The molecule has 0 aliphatic rings. The molecule has 0 atom stereocenters. The normalized spacial score (nSPS) is 12.0. The molecule has 0 spiro atoms. The fourth-order valence-electron chi connectivity index (χ4n) is 1.65. The van der Waals surface area contributed by atoms with Crippen LogP contribution in [0.4, 0.5) is 0 Å². The molecular weight excluding hydrogens is 252 g/mol. The Morgan fingerprint density at radius 2 is 2.00 bits per heavy atom. The fourth-order valence-corrected chi connectivity index (χ4v) is 1.65. The third-order valence-corrected chi connectivity index (χ3v) is 2.66. The molecule has 0 saturated carbocycles. The van der Waals surface area contributed by atoms with Gasteiger partial charge in [0.1, 0.15) is 0 Å². The summed E-state index contributed by atoms with van der Waals surface area (Å²) < 4.78 is 5.21. The highest BCUT2D eigenvalue weighted by Gasteiger charge is 2.19. The fraction of sp³-hybridized carbons (Fsp3) is 0.833. The molecule has 106 valence electrons. The molecule has 1 aromatic rings. The summed E-state index contributed by atoms with van der Waals surface area (Å²) >= 11 is 0. The molecule has 0 saturated heterocycles. The van der Waals surface area contributed by atoms with Crippen molar-refractivity contribution in [1.82, 2.24) is 15.0 Å². The van der Waals surface area contributed by atoms with E-state index in [2.05, 4.69) is 42.7 Å². The van der Waals surface area contributed by atoms with Crippen LogP contribution in [-0.2, 0) is 6.54 Å². The molecule has 5 nitrogen and oxygen atoms in total. The number of nitrogens with zero attached hydrogens (tertiary/aromatic N) is 3. The van der Waals surface area contributed by atoms with Gasteiger partial charge in [-0.1, -0.05) is 32.9 Å². The number of hydrogen-bond donors (Lipinski definition) is 1. The Hall–Kier alpha value is -0.650. The summed E-state index contributed by atoms with van der Waals surface area (Å²) in [5, 5.41) is 3.95. The van der Waals surface area contributed by atoms with Crippen LogP contribution in [0.25, 0.3) is 0 Å². The SMILES string of the molecule is CC(C)c1noc(CN(C)CC(C)(C)CN)n1.Cl. The van der Waals surface area contributed by atoms with Crippen molar-refractivity contribution in [2.75, 3.05) is 20.1 Å². The Bertz CT molecular complexity index is 352. The van der Waals surface area contributed by atoms with Crippen molar-refractivity contribution in [2.24, 2.45) is 11.1 Å². The first kappa shape index (κ1) is 17.4. The van der Waals surface area contributed by atoms with E-state index in [1.54, 1.807) is 0 Å². The minimum atomic E-state index is 0. The molecule has 6 heteroatoms. The molecular formula is C12H25ClN4O. The Balaban J connectivity index is 0.00000289. The zero-order valence-electron chi connectivity index (χ0n) is 11.9. The van der Waals surface area contributed by atoms with Gasteiger partial charge in [0.05, 0.1) is 6.54 Å². The minimum Gasteiger partial charge on any atom is -0.338 e. The Morgan fingerprint density at radius 1 is 1.39 bits per heavy atom. The van der Waals surface area contributed by atoms with E-state index < -0.39 is 0 Å². The molecule has 2 N–H and O–H groups in total. The van der Waals surface area contributed by atoms with Crippen LogP contribution in [0.1, 0.15) is 45.3 Å². The van der Waals surface area contributed by atoms with Gasteiger partial charge in [-0.2, -0.15) is 4.98 Å². The van der Waals surface area contributed by atoms with Crippen LogP contribution in [0.3, 0.4) is 0 Å². The van der Waals surface area contributed by atoms with Crippen molar-refractivity contribution >= 4 is 12.4 Å². The predicted molar refractivity (Wildman–Crippen MR) is 74.8 cm³/mol. The van der Waals surface area contributed by atoms with E-state index in [-0.39, 0.29) is 17.8 Å². The van der Waals surface area contributed by atoms with E-state index in [4.69, 9.17) is 10.3 Å². The zero-order valence-corrected chi connectivity index (χ0v) is 12.8. The summed E-state index contributed by atoms with van der Waals surface area (Å²) in [5.41, 5.74) is 5.82. The van der Waals surface area contributed by atoms with Crippen molar-refractivity contribution in [3.8, 4) is 0 Å². The van der Waals surface area contributed by atoms with Gasteiger partial charge >= 0.3 is 0 Å². The lowest BCUT2D eigenvalue weighted by Gasteiger charge is -2.27. The van der Waals surface area contributed by atoms with Crippen LogP contribution >= 0.6 is 12.4 Å². The minimum absolute atomic E-state index is 0. The molecule has 0 aromatic carbocycles. The van der Waals surface area contributed by atoms with Gasteiger partial charge in [0.15, 0.2) is 5.82 Å². The molecule has 1 rings (SSSR count). The maximum absolute atomic E-state index is 5.71. The molecule has 0 unspecified atom stereocenters. The Morgan fingerprint density at radius 3 is 2.44 bits per heavy atom. The monoisotopic (exact) mass is 276 g/mol. The van der Waals surface area contributed by atoms with Crippen molar-refractivity contribution < 1.29 is 4.52 Å². The summed E-state index contributed by atoms with van der Waals surface area (Å²) in [6.07, 6.45) is 0.